The normalized spacial score (nSPS) is 15.4. The fourth-order valence-electron chi connectivity index (χ4n) is 2.13. The zero-order chi connectivity index (χ0) is 9.54. The van der Waals surface area contributed by atoms with Crippen molar-refractivity contribution in [3.63, 3.8) is 0 Å². The molecule has 1 aromatic carbocycles. The average Bonchev–Trinajstić information content (AvgIpc) is 2.59. The Balaban J connectivity index is 2.63. The molecular formula is C13H12O. The van der Waals surface area contributed by atoms with Gasteiger partial charge in [-0.05, 0) is 31.4 Å². The highest BCUT2D eigenvalue weighted by atomic mass is 16.3. The molecule has 2 aromatic rings. The Morgan fingerprint density at radius 1 is 1.21 bits per heavy atom. The second kappa shape index (κ2) is 2.74. The molecule has 0 spiro atoms. The van der Waals surface area contributed by atoms with E-state index < -0.39 is 0 Å². The van der Waals surface area contributed by atoms with Crippen molar-refractivity contribution in [2.45, 2.75) is 19.8 Å². The van der Waals surface area contributed by atoms with Gasteiger partial charge in [0, 0.05) is 10.6 Å². The van der Waals surface area contributed by atoms with Crippen molar-refractivity contribution < 1.29 is 4.42 Å². The van der Waals surface area contributed by atoms with Crippen LogP contribution in [0.1, 0.15) is 19.8 Å². The van der Waals surface area contributed by atoms with Crippen LogP contribution in [0.25, 0.3) is 22.6 Å². The SMILES string of the molecule is CC1=c2oc3ccccc3c2=CCC1. The van der Waals surface area contributed by atoms with E-state index in [1.54, 1.807) is 0 Å². The van der Waals surface area contributed by atoms with Gasteiger partial charge in [0.1, 0.15) is 11.0 Å². The van der Waals surface area contributed by atoms with E-state index in [-0.39, 0.29) is 0 Å². The Labute approximate surface area is 82.3 Å². The van der Waals surface area contributed by atoms with Crippen LogP contribution in [0.3, 0.4) is 0 Å². The maximum atomic E-state index is 5.83. The van der Waals surface area contributed by atoms with E-state index in [0.717, 1.165) is 23.8 Å². The smallest absolute Gasteiger partial charge is 0.135 e. The first-order valence-electron chi connectivity index (χ1n) is 5.04. The summed E-state index contributed by atoms with van der Waals surface area (Å²) in [5.41, 5.74) is 3.48. The third-order valence-corrected chi connectivity index (χ3v) is 2.89. The van der Waals surface area contributed by atoms with Crippen LogP contribution < -0.4 is 10.6 Å². The summed E-state index contributed by atoms with van der Waals surface area (Å²) in [4.78, 5) is 0. The van der Waals surface area contributed by atoms with Crippen LogP contribution in [-0.2, 0) is 0 Å². The quantitative estimate of drug-likeness (QED) is 0.611. The van der Waals surface area contributed by atoms with E-state index >= 15 is 0 Å². The molecule has 14 heavy (non-hydrogen) atoms. The van der Waals surface area contributed by atoms with Gasteiger partial charge in [-0.15, -0.1) is 0 Å². The number of hydrogen-bond donors (Lipinski definition) is 0. The lowest BCUT2D eigenvalue weighted by Crippen LogP contribution is -2.24. The van der Waals surface area contributed by atoms with E-state index in [4.69, 9.17) is 4.42 Å². The maximum absolute atomic E-state index is 5.83. The van der Waals surface area contributed by atoms with Crippen LogP contribution in [0.4, 0.5) is 0 Å². The lowest BCUT2D eigenvalue weighted by molar-refractivity contribution is 0.567. The number of fused-ring (bicyclic) bond motifs is 3. The van der Waals surface area contributed by atoms with Gasteiger partial charge in [-0.2, -0.15) is 0 Å². The molecule has 0 amide bonds. The molecule has 0 atom stereocenters. The summed E-state index contributed by atoms with van der Waals surface area (Å²) in [6.07, 6.45) is 4.56. The van der Waals surface area contributed by atoms with Gasteiger partial charge >= 0.3 is 0 Å². The van der Waals surface area contributed by atoms with Gasteiger partial charge in [0.15, 0.2) is 0 Å². The van der Waals surface area contributed by atoms with Crippen molar-refractivity contribution in [1.82, 2.24) is 0 Å². The zero-order valence-electron chi connectivity index (χ0n) is 8.21. The Morgan fingerprint density at radius 2 is 2.07 bits per heavy atom. The molecule has 0 unspecified atom stereocenters. The van der Waals surface area contributed by atoms with Gasteiger partial charge in [0.05, 0.1) is 0 Å². The van der Waals surface area contributed by atoms with Crippen molar-refractivity contribution in [3.05, 3.63) is 34.9 Å². The van der Waals surface area contributed by atoms with Crippen LogP contribution in [0.15, 0.2) is 28.7 Å². The Bertz CT molecular complexity index is 602. The molecule has 3 rings (SSSR count). The second-order valence-electron chi connectivity index (χ2n) is 3.86. The lowest BCUT2D eigenvalue weighted by Gasteiger charge is -1.99. The monoisotopic (exact) mass is 184 g/mol. The van der Waals surface area contributed by atoms with Gasteiger partial charge in [-0.3, -0.25) is 0 Å². The minimum absolute atomic E-state index is 1.01. The third-order valence-electron chi connectivity index (χ3n) is 2.89. The van der Waals surface area contributed by atoms with Crippen molar-refractivity contribution in [2.75, 3.05) is 0 Å². The van der Waals surface area contributed by atoms with E-state index in [0.29, 0.717) is 0 Å². The van der Waals surface area contributed by atoms with E-state index in [1.807, 2.05) is 12.1 Å². The Kier molecular flexibility index (Phi) is 1.54. The Hall–Kier alpha value is -1.50. The standard InChI is InChI=1S/C13H12O/c1-9-5-4-7-11-10-6-2-3-8-12(10)14-13(9)11/h2-3,6-8H,4-5H2,1H3. The molecule has 0 radical (unpaired) electrons. The summed E-state index contributed by atoms with van der Waals surface area (Å²) in [6, 6.07) is 8.25. The van der Waals surface area contributed by atoms with Gasteiger partial charge < -0.3 is 4.42 Å². The Morgan fingerprint density at radius 3 is 3.00 bits per heavy atom. The van der Waals surface area contributed by atoms with Gasteiger partial charge in [0.25, 0.3) is 0 Å². The number of benzene rings is 1. The lowest BCUT2D eigenvalue weighted by atomic mass is 10.0. The first kappa shape index (κ1) is 7.86. The predicted molar refractivity (Wildman–Crippen MR) is 58.2 cm³/mol. The summed E-state index contributed by atoms with van der Waals surface area (Å²) in [7, 11) is 0. The topological polar surface area (TPSA) is 13.1 Å². The number of para-hydroxylation sites is 1. The van der Waals surface area contributed by atoms with Gasteiger partial charge in [0.2, 0.25) is 0 Å². The summed E-state index contributed by atoms with van der Waals surface area (Å²) in [5, 5.41) is 2.55. The molecule has 0 fully saturated rings. The van der Waals surface area contributed by atoms with Crippen LogP contribution in [0.2, 0.25) is 0 Å². The largest absolute Gasteiger partial charge is 0.456 e. The first-order chi connectivity index (χ1) is 6.86. The predicted octanol–water partition coefficient (Wildman–Crippen LogP) is 2.18. The molecule has 0 bridgehead atoms. The number of furan rings is 1. The van der Waals surface area contributed by atoms with Crippen LogP contribution in [-0.4, -0.2) is 0 Å². The van der Waals surface area contributed by atoms with Crippen LogP contribution in [0.5, 0.6) is 0 Å². The van der Waals surface area contributed by atoms with E-state index in [2.05, 4.69) is 25.1 Å². The van der Waals surface area contributed by atoms with Crippen molar-refractivity contribution in [1.29, 1.82) is 0 Å². The summed E-state index contributed by atoms with van der Waals surface area (Å²) >= 11 is 0. The van der Waals surface area contributed by atoms with Gasteiger partial charge in [-0.25, -0.2) is 0 Å². The van der Waals surface area contributed by atoms with Crippen molar-refractivity contribution >= 4 is 22.6 Å². The second-order valence-corrected chi connectivity index (χ2v) is 3.86. The maximum Gasteiger partial charge on any atom is 0.135 e. The minimum Gasteiger partial charge on any atom is -0.456 e. The molecule has 0 aliphatic heterocycles. The fraction of sp³-hybridized carbons (Fsp3) is 0.231. The van der Waals surface area contributed by atoms with Crippen molar-refractivity contribution in [2.24, 2.45) is 0 Å². The molecular weight excluding hydrogens is 172 g/mol. The molecule has 0 saturated heterocycles. The molecule has 0 N–H and O–H groups in total. The van der Waals surface area contributed by atoms with E-state index in [9.17, 15) is 0 Å². The van der Waals surface area contributed by atoms with Crippen LogP contribution >= 0.6 is 0 Å². The van der Waals surface area contributed by atoms with Crippen LogP contribution in [0, 0.1) is 0 Å². The zero-order valence-corrected chi connectivity index (χ0v) is 8.21. The highest BCUT2D eigenvalue weighted by molar-refractivity contribution is 5.79. The first-order valence-corrected chi connectivity index (χ1v) is 5.04. The fourth-order valence-corrected chi connectivity index (χ4v) is 2.13. The molecule has 0 saturated carbocycles. The average molecular weight is 184 g/mol. The molecule has 1 aliphatic rings. The minimum atomic E-state index is 1.01. The summed E-state index contributed by atoms with van der Waals surface area (Å²) in [6.45, 7) is 2.16. The molecule has 1 nitrogen and oxygen atoms in total. The highest BCUT2D eigenvalue weighted by Gasteiger charge is 2.07. The number of rotatable bonds is 0. The number of hydrogen-bond acceptors (Lipinski definition) is 1. The molecule has 1 heterocycles. The summed E-state index contributed by atoms with van der Waals surface area (Å²) < 4.78 is 5.83. The van der Waals surface area contributed by atoms with Crippen molar-refractivity contribution in [3.8, 4) is 0 Å². The third kappa shape index (κ3) is 0.955. The molecule has 1 heteroatoms. The molecule has 70 valence electrons. The van der Waals surface area contributed by atoms with E-state index in [1.165, 1.54) is 16.2 Å². The molecule has 1 aliphatic carbocycles. The summed E-state index contributed by atoms with van der Waals surface area (Å²) in [5.74, 6) is 0. The molecule has 1 aromatic heterocycles. The van der Waals surface area contributed by atoms with Gasteiger partial charge in [-0.1, -0.05) is 24.3 Å². The highest BCUT2D eigenvalue weighted by Crippen LogP contribution is 2.12.